The monoisotopic (exact) mass is 590 g/mol. The normalized spacial score (nSPS) is 13.4. The second-order valence-electron chi connectivity index (χ2n) is 10.8. The number of aromatic nitrogens is 1. The highest BCUT2D eigenvalue weighted by molar-refractivity contribution is 7.14. The number of carbonyl (C=O) groups is 1. The summed E-state index contributed by atoms with van der Waals surface area (Å²) in [6.45, 7) is 0.853. The van der Waals surface area contributed by atoms with Crippen LogP contribution in [0, 0.1) is 0 Å². The number of carboxylic acids is 1. The summed E-state index contributed by atoms with van der Waals surface area (Å²) in [5.41, 5.74) is 6.25. The number of hydrogen-bond acceptors (Lipinski definition) is 6. The zero-order chi connectivity index (χ0) is 29.4. The van der Waals surface area contributed by atoms with Crippen LogP contribution in [0.3, 0.4) is 0 Å². The van der Waals surface area contributed by atoms with E-state index in [1.165, 1.54) is 60.6 Å². The van der Waals surface area contributed by atoms with Crippen molar-refractivity contribution in [3.63, 3.8) is 0 Å². The number of carboxylic acid groups (broad SMARTS) is 1. The molecule has 0 spiro atoms. The first-order chi connectivity index (χ1) is 21.1. The average molecular weight is 591 g/mol. The van der Waals surface area contributed by atoms with Gasteiger partial charge in [-0.25, -0.2) is 9.78 Å². The van der Waals surface area contributed by atoms with Gasteiger partial charge in [0.05, 0.1) is 16.9 Å². The van der Waals surface area contributed by atoms with Crippen molar-refractivity contribution < 1.29 is 19.4 Å². The number of anilines is 2. The van der Waals surface area contributed by atoms with Crippen LogP contribution in [-0.2, 0) is 13.2 Å². The van der Waals surface area contributed by atoms with Crippen LogP contribution in [0.15, 0.2) is 102 Å². The molecule has 5 aromatic rings. The van der Waals surface area contributed by atoms with Gasteiger partial charge in [-0.15, -0.1) is 11.3 Å². The van der Waals surface area contributed by atoms with Crippen LogP contribution in [0.1, 0.15) is 65.1 Å². The third-order valence-electron chi connectivity index (χ3n) is 7.82. The van der Waals surface area contributed by atoms with E-state index in [-0.39, 0.29) is 5.56 Å². The molecule has 0 amide bonds. The van der Waals surface area contributed by atoms with Crippen molar-refractivity contribution >= 4 is 28.1 Å². The molecule has 0 radical (unpaired) electrons. The lowest BCUT2D eigenvalue weighted by Crippen LogP contribution is -2.04. The van der Waals surface area contributed by atoms with Gasteiger partial charge in [0.1, 0.15) is 24.7 Å². The fraction of sp³-hybridized carbons (Fsp3) is 0.222. The lowest BCUT2D eigenvalue weighted by atomic mass is 9.84. The number of ether oxygens (including phenoxy) is 2. The number of nitrogens with zero attached hydrogens (tertiary/aromatic N) is 1. The van der Waals surface area contributed by atoms with E-state index < -0.39 is 5.97 Å². The number of thiazole rings is 1. The largest absolute Gasteiger partial charge is 0.489 e. The van der Waals surface area contributed by atoms with Gasteiger partial charge in [-0.2, -0.15) is 0 Å². The summed E-state index contributed by atoms with van der Waals surface area (Å²) in [5.74, 6) is 0.968. The zero-order valence-electron chi connectivity index (χ0n) is 23.9. The van der Waals surface area contributed by atoms with Crippen molar-refractivity contribution in [1.82, 2.24) is 4.98 Å². The van der Waals surface area contributed by atoms with Crippen LogP contribution in [0.25, 0.3) is 11.3 Å². The van der Waals surface area contributed by atoms with Crippen LogP contribution in [0.2, 0.25) is 0 Å². The molecule has 7 heteroatoms. The van der Waals surface area contributed by atoms with Crippen molar-refractivity contribution in [2.75, 3.05) is 5.32 Å². The van der Waals surface area contributed by atoms with Gasteiger partial charge in [-0.3, -0.25) is 0 Å². The molecule has 1 aromatic heterocycles. The topological polar surface area (TPSA) is 80.7 Å². The highest BCUT2D eigenvalue weighted by Crippen LogP contribution is 2.34. The summed E-state index contributed by atoms with van der Waals surface area (Å²) in [6.07, 6.45) is 6.68. The number of aromatic carboxylic acids is 1. The third kappa shape index (κ3) is 7.43. The van der Waals surface area contributed by atoms with Gasteiger partial charge in [-0.1, -0.05) is 73.9 Å². The molecule has 1 aliphatic rings. The van der Waals surface area contributed by atoms with Crippen molar-refractivity contribution in [2.24, 2.45) is 0 Å². The average Bonchev–Trinajstić information content (AvgIpc) is 3.53. The SMILES string of the molecule is O=C(O)c1ccc(Nc2nc(-c3ccc(OCc4ccc(C5CCCCC5)cc4)cc3)cs2)c(OCc2ccccc2)c1. The Morgan fingerprint density at radius 2 is 1.56 bits per heavy atom. The summed E-state index contributed by atoms with van der Waals surface area (Å²) >= 11 is 1.47. The molecule has 0 unspecified atom stereocenters. The molecular formula is C36H34N2O4S. The Labute approximate surface area is 256 Å². The Bertz CT molecular complexity index is 1640. The summed E-state index contributed by atoms with van der Waals surface area (Å²) in [6, 6.07) is 31.4. The lowest BCUT2D eigenvalue weighted by molar-refractivity contribution is 0.0696. The minimum Gasteiger partial charge on any atom is -0.489 e. The Kier molecular flexibility index (Phi) is 8.99. The predicted octanol–water partition coefficient (Wildman–Crippen LogP) is 9.46. The fourth-order valence-corrected chi connectivity index (χ4v) is 6.13. The molecule has 1 fully saturated rings. The molecule has 218 valence electrons. The molecule has 0 atom stereocenters. The highest BCUT2D eigenvalue weighted by atomic mass is 32.1. The highest BCUT2D eigenvalue weighted by Gasteiger charge is 2.15. The molecule has 43 heavy (non-hydrogen) atoms. The van der Waals surface area contributed by atoms with Gasteiger partial charge in [0.25, 0.3) is 0 Å². The smallest absolute Gasteiger partial charge is 0.335 e. The van der Waals surface area contributed by atoms with Crippen LogP contribution < -0.4 is 14.8 Å². The van der Waals surface area contributed by atoms with Gasteiger partial charge in [-0.05, 0) is 77.9 Å². The van der Waals surface area contributed by atoms with Crippen LogP contribution in [0.5, 0.6) is 11.5 Å². The molecule has 6 rings (SSSR count). The molecule has 4 aromatic carbocycles. The minimum absolute atomic E-state index is 0.159. The number of hydrogen-bond donors (Lipinski definition) is 2. The number of rotatable bonds is 11. The van der Waals surface area contributed by atoms with Crippen molar-refractivity contribution in [3.05, 3.63) is 125 Å². The molecule has 0 saturated heterocycles. The van der Waals surface area contributed by atoms with Gasteiger partial charge < -0.3 is 19.9 Å². The van der Waals surface area contributed by atoms with Gasteiger partial charge in [0, 0.05) is 10.9 Å². The molecule has 0 aliphatic heterocycles. The Balaban J connectivity index is 1.07. The van der Waals surface area contributed by atoms with E-state index in [1.54, 1.807) is 12.1 Å². The molecule has 1 heterocycles. The van der Waals surface area contributed by atoms with E-state index in [9.17, 15) is 9.90 Å². The van der Waals surface area contributed by atoms with E-state index in [0.717, 1.165) is 22.6 Å². The fourth-order valence-electron chi connectivity index (χ4n) is 5.40. The Morgan fingerprint density at radius 3 is 2.30 bits per heavy atom. The van der Waals surface area contributed by atoms with Crippen molar-refractivity contribution in [1.29, 1.82) is 0 Å². The lowest BCUT2D eigenvalue weighted by Gasteiger charge is -2.22. The van der Waals surface area contributed by atoms with E-state index in [1.807, 2.05) is 60.0 Å². The van der Waals surface area contributed by atoms with Crippen molar-refractivity contribution in [3.8, 4) is 22.8 Å². The first kappa shape index (κ1) is 28.5. The van der Waals surface area contributed by atoms with E-state index >= 15 is 0 Å². The maximum absolute atomic E-state index is 11.6. The van der Waals surface area contributed by atoms with Gasteiger partial charge >= 0.3 is 5.97 Å². The number of benzene rings is 4. The summed E-state index contributed by atoms with van der Waals surface area (Å²) in [7, 11) is 0. The van der Waals surface area contributed by atoms with Crippen LogP contribution in [0.4, 0.5) is 10.8 Å². The predicted molar refractivity (Wildman–Crippen MR) is 172 cm³/mol. The second-order valence-corrected chi connectivity index (χ2v) is 11.7. The maximum Gasteiger partial charge on any atom is 0.335 e. The maximum atomic E-state index is 11.6. The van der Waals surface area contributed by atoms with Crippen LogP contribution in [-0.4, -0.2) is 16.1 Å². The standard InChI is InChI=1S/C36H34N2O4S/c39-35(40)30-17-20-32(34(21-30)42-23-25-7-3-1-4-8-25)37-36-38-33(24-43-36)29-15-18-31(19-16-29)41-22-26-11-13-28(14-12-26)27-9-5-2-6-10-27/h1,3-4,7-8,11-21,24,27H,2,5-6,9-10,22-23H2,(H,37,38)(H,39,40). The zero-order valence-corrected chi connectivity index (χ0v) is 24.7. The minimum atomic E-state index is -1.01. The number of nitrogens with one attached hydrogen (secondary N) is 1. The molecular weight excluding hydrogens is 556 g/mol. The summed E-state index contributed by atoms with van der Waals surface area (Å²) in [5, 5.41) is 15.4. The first-order valence-corrected chi connectivity index (χ1v) is 15.6. The van der Waals surface area contributed by atoms with Gasteiger partial charge in [0.15, 0.2) is 5.13 Å². The summed E-state index contributed by atoms with van der Waals surface area (Å²) < 4.78 is 12.1. The van der Waals surface area contributed by atoms with E-state index in [2.05, 4.69) is 29.6 Å². The van der Waals surface area contributed by atoms with Crippen LogP contribution >= 0.6 is 11.3 Å². The second kappa shape index (κ2) is 13.6. The molecule has 6 nitrogen and oxygen atoms in total. The quantitative estimate of drug-likeness (QED) is 0.159. The first-order valence-electron chi connectivity index (χ1n) is 14.7. The molecule has 0 bridgehead atoms. The summed E-state index contributed by atoms with van der Waals surface area (Å²) in [4.78, 5) is 16.3. The van der Waals surface area contributed by atoms with Crippen molar-refractivity contribution in [2.45, 2.75) is 51.2 Å². The molecule has 2 N–H and O–H groups in total. The Morgan fingerprint density at radius 1 is 0.837 bits per heavy atom. The van der Waals surface area contributed by atoms with E-state index in [0.29, 0.717) is 35.7 Å². The van der Waals surface area contributed by atoms with E-state index in [4.69, 9.17) is 14.5 Å². The van der Waals surface area contributed by atoms with Gasteiger partial charge in [0.2, 0.25) is 0 Å². The Hall–Kier alpha value is -4.62. The molecule has 1 saturated carbocycles. The third-order valence-corrected chi connectivity index (χ3v) is 8.58. The molecule has 1 aliphatic carbocycles.